The van der Waals surface area contributed by atoms with E-state index in [1.54, 1.807) is 0 Å². The molecule has 0 bridgehead atoms. The van der Waals surface area contributed by atoms with E-state index in [0.717, 1.165) is 19.3 Å². The lowest BCUT2D eigenvalue weighted by Crippen LogP contribution is -2.35. The monoisotopic (exact) mass is 286 g/mol. The molecule has 0 atom stereocenters. The van der Waals surface area contributed by atoms with Crippen molar-refractivity contribution < 1.29 is 31.5 Å². The van der Waals surface area contributed by atoms with Crippen molar-refractivity contribution >= 4 is 16.0 Å². The smallest absolute Gasteiger partial charge is 0.402 e. The molecule has 0 aromatic carbocycles. The number of carboxylic acid groups (broad SMARTS) is 1. The molecule has 1 aromatic heterocycles. The molecule has 0 aliphatic heterocycles. The van der Waals surface area contributed by atoms with Gasteiger partial charge in [-0.1, -0.05) is 0 Å². The molecule has 2 N–H and O–H groups in total. The number of alkyl halides is 3. The molecule has 1 aromatic rings. The summed E-state index contributed by atoms with van der Waals surface area (Å²) < 4.78 is 59.6. The van der Waals surface area contributed by atoms with Gasteiger partial charge in [-0.25, -0.2) is 13.2 Å². The van der Waals surface area contributed by atoms with E-state index in [1.165, 1.54) is 0 Å². The molecule has 0 saturated carbocycles. The summed E-state index contributed by atoms with van der Waals surface area (Å²) in [6.45, 7) is -1.65. The van der Waals surface area contributed by atoms with Gasteiger partial charge < -0.3 is 10.1 Å². The van der Waals surface area contributed by atoms with Crippen molar-refractivity contribution in [3.63, 3.8) is 0 Å². The van der Waals surface area contributed by atoms with Gasteiger partial charge in [0.2, 0.25) is 10.0 Å². The maximum absolute atomic E-state index is 12.1. The Morgan fingerprint density at radius 2 is 2.06 bits per heavy atom. The number of aromatic nitrogens is 1. The molecule has 1 heterocycles. The van der Waals surface area contributed by atoms with Gasteiger partial charge in [-0.15, -0.1) is 0 Å². The summed E-state index contributed by atoms with van der Waals surface area (Å²) in [5.41, 5.74) is -0.422. The lowest BCUT2D eigenvalue weighted by Gasteiger charge is -2.17. The normalized spacial score (nSPS) is 12.9. The first kappa shape index (κ1) is 14.5. The molecule has 0 amide bonds. The van der Waals surface area contributed by atoms with Crippen LogP contribution in [0.1, 0.15) is 10.5 Å². The molecule has 102 valence electrons. The van der Waals surface area contributed by atoms with Crippen molar-refractivity contribution in [2.75, 3.05) is 13.6 Å². The third-order valence-electron chi connectivity index (χ3n) is 2.00. The molecule has 1 rings (SSSR count). The highest BCUT2D eigenvalue weighted by Crippen LogP contribution is 2.21. The van der Waals surface area contributed by atoms with Crippen molar-refractivity contribution in [1.29, 1.82) is 0 Å². The largest absolute Gasteiger partial charge is 0.477 e. The van der Waals surface area contributed by atoms with E-state index in [0.29, 0.717) is 0 Å². The van der Waals surface area contributed by atoms with E-state index in [2.05, 4.69) is 4.98 Å². The number of carboxylic acids is 1. The van der Waals surface area contributed by atoms with Crippen LogP contribution >= 0.6 is 0 Å². The van der Waals surface area contributed by atoms with Crippen molar-refractivity contribution in [3.05, 3.63) is 18.0 Å². The number of hydrogen-bond acceptors (Lipinski definition) is 3. The van der Waals surface area contributed by atoms with Crippen LogP contribution in [0.4, 0.5) is 13.2 Å². The average molecular weight is 286 g/mol. The van der Waals surface area contributed by atoms with Gasteiger partial charge in [0.25, 0.3) is 0 Å². The van der Waals surface area contributed by atoms with Gasteiger partial charge in [-0.05, 0) is 6.07 Å². The summed E-state index contributed by atoms with van der Waals surface area (Å²) in [6.07, 6.45) is -3.85. The number of halogens is 3. The molecule has 0 spiro atoms. The molecule has 0 saturated heterocycles. The molecule has 0 fully saturated rings. The Hall–Kier alpha value is -1.55. The van der Waals surface area contributed by atoms with E-state index in [9.17, 15) is 26.4 Å². The summed E-state index contributed by atoms with van der Waals surface area (Å²) in [4.78, 5) is 12.1. The van der Waals surface area contributed by atoms with Crippen LogP contribution in [0.5, 0.6) is 0 Å². The Morgan fingerprint density at radius 3 is 2.44 bits per heavy atom. The van der Waals surface area contributed by atoms with Crippen LogP contribution in [0, 0.1) is 0 Å². The molecular formula is C8H9F3N2O4S. The zero-order chi connectivity index (χ0) is 14.1. The Morgan fingerprint density at radius 1 is 1.50 bits per heavy atom. The maximum Gasteiger partial charge on any atom is 0.402 e. The number of aromatic amines is 1. The topological polar surface area (TPSA) is 90.5 Å². The third kappa shape index (κ3) is 3.23. The van der Waals surface area contributed by atoms with E-state index >= 15 is 0 Å². The zero-order valence-corrected chi connectivity index (χ0v) is 9.84. The molecule has 6 nitrogen and oxygen atoms in total. The fourth-order valence-electron chi connectivity index (χ4n) is 1.16. The van der Waals surface area contributed by atoms with Gasteiger partial charge in [0.05, 0.1) is 0 Å². The number of nitrogens with zero attached hydrogens (tertiary/aromatic N) is 1. The molecular weight excluding hydrogens is 277 g/mol. The molecule has 0 unspecified atom stereocenters. The Kier molecular flexibility index (Phi) is 3.72. The first-order valence-corrected chi connectivity index (χ1v) is 5.93. The minimum Gasteiger partial charge on any atom is -0.477 e. The Balaban J connectivity index is 3.02. The summed E-state index contributed by atoms with van der Waals surface area (Å²) in [5, 5.41) is 8.57. The lowest BCUT2D eigenvalue weighted by molar-refractivity contribution is -0.134. The Labute approximate surface area is 100 Å². The molecule has 10 heteroatoms. The van der Waals surface area contributed by atoms with Crippen molar-refractivity contribution in [1.82, 2.24) is 9.29 Å². The highest BCUT2D eigenvalue weighted by molar-refractivity contribution is 7.89. The fraction of sp³-hybridized carbons (Fsp3) is 0.375. The number of H-pyrrole nitrogens is 1. The van der Waals surface area contributed by atoms with Gasteiger partial charge in [-0.3, -0.25) is 0 Å². The van der Waals surface area contributed by atoms with Crippen LogP contribution in [-0.4, -0.2) is 48.6 Å². The highest BCUT2D eigenvalue weighted by Gasteiger charge is 2.35. The SMILES string of the molecule is CN(CC(F)(F)F)S(=O)(=O)c1c[nH]c(C(=O)O)c1. The van der Waals surface area contributed by atoms with Crippen LogP contribution in [0.25, 0.3) is 0 Å². The molecule has 18 heavy (non-hydrogen) atoms. The third-order valence-corrected chi connectivity index (χ3v) is 3.78. The second-order valence-electron chi connectivity index (χ2n) is 3.43. The number of rotatable bonds is 4. The number of hydrogen-bond donors (Lipinski definition) is 2. The maximum atomic E-state index is 12.1. The lowest BCUT2D eigenvalue weighted by atomic mass is 10.4. The van der Waals surface area contributed by atoms with Crippen molar-refractivity contribution in [3.8, 4) is 0 Å². The van der Waals surface area contributed by atoms with E-state index in [-0.39, 0.29) is 4.31 Å². The van der Waals surface area contributed by atoms with Gasteiger partial charge >= 0.3 is 12.1 Å². The van der Waals surface area contributed by atoms with Crippen LogP contribution in [0.2, 0.25) is 0 Å². The standard InChI is InChI=1S/C8H9F3N2O4S/c1-13(4-8(9,10)11)18(16,17)5-2-6(7(14)15)12-3-5/h2-3,12H,4H2,1H3,(H,14,15). The van der Waals surface area contributed by atoms with Crippen molar-refractivity contribution in [2.45, 2.75) is 11.1 Å². The van der Waals surface area contributed by atoms with Crippen LogP contribution < -0.4 is 0 Å². The summed E-state index contributed by atoms with van der Waals surface area (Å²) >= 11 is 0. The predicted octanol–water partition coefficient (Wildman–Crippen LogP) is 0.896. The number of carbonyl (C=O) groups is 1. The molecule has 0 aliphatic rings. The minimum atomic E-state index is -4.67. The quantitative estimate of drug-likeness (QED) is 0.860. The summed E-state index contributed by atoms with van der Waals surface area (Å²) in [5.74, 6) is -1.41. The zero-order valence-electron chi connectivity index (χ0n) is 9.02. The Bertz CT molecular complexity index is 549. The molecule has 0 radical (unpaired) electrons. The second kappa shape index (κ2) is 4.61. The van der Waals surface area contributed by atoms with Gasteiger partial charge in [0.15, 0.2) is 0 Å². The van der Waals surface area contributed by atoms with Gasteiger partial charge in [-0.2, -0.15) is 17.5 Å². The van der Waals surface area contributed by atoms with E-state index < -0.39 is 39.3 Å². The number of sulfonamides is 1. The fourth-order valence-corrected chi connectivity index (χ4v) is 2.32. The number of nitrogens with one attached hydrogen (secondary N) is 1. The summed E-state index contributed by atoms with van der Waals surface area (Å²) in [6, 6.07) is 0.755. The minimum absolute atomic E-state index is 0.0990. The van der Waals surface area contributed by atoms with Crippen LogP contribution in [-0.2, 0) is 10.0 Å². The van der Waals surface area contributed by atoms with E-state index in [4.69, 9.17) is 5.11 Å². The molecule has 0 aliphatic carbocycles. The van der Waals surface area contributed by atoms with Crippen molar-refractivity contribution in [2.24, 2.45) is 0 Å². The second-order valence-corrected chi connectivity index (χ2v) is 5.48. The van der Waals surface area contributed by atoms with Crippen LogP contribution in [0.15, 0.2) is 17.2 Å². The predicted molar refractivity (Wildman–Crippen MR) is 53.6 cm³/mol. The van der Waals surface area contributed by atoms with Crippen LogP contribution in [0.3, 0.4) is 0 Å². The van der Waals surface area contributed by atoms with Gasteiger partial charge in [0, 0.05) is 13.2 Å². The summed E-state index contributed by atoms with van der Waals surface area (Å²) in [7, 11) is -3.61. The first-order valence-electron chi connectivity index (χ1n) is 4.49. The first-order chi connectivity index (χ1) is 8.04. The number of aromatic carboxylic acids is 1. The highest BCUT2D eigenvalue weighted by atomic mass is 32.2. The van der Waals surface area contributed by atoms with E-state index in [1.807, 2.05) is 0 Å². The average Bonchev–Trinajstić information content (AvgIpc) is 2.63. The van der Waals surface area contributed by atoms with Gasteiger partial charge in [0.1, 0.15) is 17.1 Å².